The first-order chi connectivity index (χ1) is 18.5. The van der Waals surface area contributed by atoms with E-state index in [-0.39, 0.29) is 34.1 Å². The fourth-order valence-electron chi connectivity index (χ4n) is 4.55. The highest BCUT2D eigenvalue weighted by atomic mass is 32.2. The fourth-order valence-corrected chi connectivity index (χ4v) is 7.15. The normalized spacial score (nSPS) is 15.1. The van der Waals surface area contributed by atoms with E-state index in [1.807, 2.05) is 6.92 Å². The fraction of sp³-hybridized carbons (Fsp3) is 0.520. The van der Waals surface area contributed by atoms with Gasteiger partial charge in [-0.05, 0) is 75.3 Å². The van der Waals surface area contributed by atoms with Gasteiger partial charge >= 0.3 is 0 Å². The first-order valence-corrected chi connectivity index (χ1v) is 15.4. The predicted octanol–water partition coefficient (Wildman–Crippen LogP) is 4.61. The van der Waals surface area contributed by atoms with Crippen LogP contribution in [0.25, 0.3) is 0 Å². The summed E-state index contributed by atoms with van der Waals surface area (Å²) < 4.78 is 34.9. The second-order valence-electron chi connectivity index (χ2n) is 9.38. The summed E-state index contributed by atoms with van der Waals surface area (Å²) in [7, 11) is -4.03. The Kier molecular flexibility index (Phi) is 10.5. The zero-order valence-electron chi connectivity index (χ0n) is 22.3. The van der Waals surface area contributed by atoms with Gasteiger partial charge in [0.05, 0.1) is 20.3 Å². The van der Waals surface area contributed by atoms with Gasteiger partial charge < -0.3 is 15.4 Å². The molecule has 0 aliphatic carbocycles. The van der Waals surface area contributed by atoms with E-state index in [0.717, 1.165) is 29.9 Å². The average Bonchev–Trinajstić information content (AvgIpc) is 2.88. The van der Waals surface area contributed by atoms with Gasteiger partial charge in [-0.25, -0.2) is 13.1 Å². The van der Waals surface area contributed by atoms with Gasteiger partial charge in [0.2, 0.25) is 10.0 Å². The topological polar surface area (TPSA) is 166 Å². The lowest BCUT2D eigenvalue weighted by molar-refractivity contribution is -0.384. The van der Waals surface area contributed by atoms with Crippen LogP contribution in [0.4, 0.5) is 22.7 Å². The van der Waals surface area contributed by atoms with Gasteiger partial charge in [0, 0.05) is 37.9 Å². The summed E-state index contributed by atoms with van der Waals surface area (Å²) in [6.45, 7) is 6.35. The number of nitrogens with one attached hydrogen (secondary N) is 3. The predicted molar refractivity (Wildman–Crippen MR) is 153 cm³/mol. The van der Waals surface area contributed by atoms with Crippen molar-refractivity contribution >= 4 is 44.5 Å². The van der Waals surface area contributed by atoms with E-state index in [2.05, 4.69) is 15.4 Å². The molecule has 0 aromatic heterocycles. The molecule has 2 aromatic rings. The Hall–Kier alpha value is -2.94. The van der Waals surface area contributed by atoms with Crippen LogP contribution in [0, 0.1) is 34.1 Å². The molecule has 1 heterocycles. The van der Waals surface area contributed by atoms with Gasteiger partial charge in [0.25, 0.3) is 11.4 Å². The van der Waals surface area contributed by atoms with Gasteiger partial charge in [0.1, 0.15) is 11.4 Å². The molecule has 2 aromatic carbocycles. The molecule has 214 valence electrons. The number of benzene rings is 2. The Morgan fingerprint density at radius 2 is 1.64 bits per heavy atom. The number of rotatable bonds is 14. The van der Waals surface area contributed by atoms with Gasteiger partial charge in [-0.3, -0.25) is 20.2 Å². The molecule has 3 rings (SSSR count). The van der Waals surface area contributed by atoms with Gasteiger partial charge in [-0.15, -0.1) is 0 Å². The lowest BCUT2D eigenvalue weighted by Crippen LogP contribution is -2.47. The molecule has 0 amide bonds. The third kappa shape index (κ3) is 7.81. The number of sulfonamides is 1. The van der Waals surface area contributed by atoms with Crippen LogP contribution in [0.3, 0.4) is 0 Å². The van der Waals surface area contributed by atoms with E-state index in [0.29, 0.717) is 31.8 Å². The number of nitro groups is 2. The van der Waals surface area contributed by atoms with Crippen molar-refractivity contribution in [1.82, 2.24) is 4.72 Å². The van der Waals surface area contributed by atoms with Crippen molar-refractivity contribution in [2.75, 3.05) is 48.4 Å². The minimum atomic E-state index is -4.03. The molecule has 0 atom stereocenters. The molecular weight excluding hydrogens is 546 g/mol. The Morgan fingerprint density at radius 3 is 2.26 bits per heavy atom. The van der Waals surface area contributed by atoms with Crippen molar-refractivity contribution in [1.29, 1.82) is 0 Å². The van der Waals surface area contributed by atoms with Crippen molar-refractivity contribution in [3.63, 3.8) is 0 Å². The molecule has 12 nitrogen and oxygen atoms in total. The Labute approximate surface area is 232 Å². The SMILES string of the molecule is CCOC1(CNS(=O)(=O)c2ccc(NCCCNc3ccc(C)cc3[N+](=O)[O-])c([N+](=O)[O-])c2C)CCSCC1. The van der Waals surface area contributed by atoms with Crippen molar-refractivity contribution in [2.45, 2.75) is 50.5 Å². The summed E-state index contributed by atoms with van der Waals surface area (Å²) in [6.07, 6.45) is 1.95. The molecule has 39 heavy (non-hydrogen) atoms. The monoisotopic (exact) mass is 581 g/mol. The number of nitrogens with zero attached hydrogens (tertiary/aromatic N) is 2. The maximum atomic E-state index is 13.2. The van der Waals surface area contributed by atoms with Crippen LogP contribution in [0.5, 0.6) is 0 Å². The first-order valence-electron chi connectivity index (χ1n) is 12.7. The largest absolute Gasteiger partial charge is 0.379 e. The Bertz CT molecular complexity index is 1290. The quantitative estimate of drug-likeness (QED) is 0.163. The van der Waals surface area contributed by atoms with E-state index in [4.69, 9.17) is 4.74 Å². The van der Waals surface area contributed by atoms with Crippen LogP contribution in [-0.2, 0) is 14.8 Å². The number of ether oxygens (including phenoxy) is 1. The summed E-state index contributed by atoms with van der Waals surface area (Å²) in [5.74, 6) is 1.76. The van der Waals surface area contributed by atoms with Crippen molar-refractivity contribution in [2.24, 2.45) is 0 Å². The molecule has 1 aliphatic heterocycles. The summed E-state index contributed by atoms with van der Waals surface area (Å²) >= 11 is 1.80. The zero-order valence-corrected chi connectivity index (χ0v) is 24.0. The first kappa shape index (κ1) is 30.6. The van der Waals surface area contributed by atoms with Crippen LogP contribution in [0.2, 0.25) is 0 Å². The summed E-state index contributed by atoms with van der Waals surface area (Å²) in [5.41, 5.74) is 0.500. The number of hydrogen-bond acceptors (Lipinski definition) is 10. The minimum absolute atomic E-state index is 0.0193. The van der Waals surface area contributed by atoms with E-state index in [9.17, 15) is 28.6 Å². The highest BCUT2D eigenvalue weighted by molar-refractivity contribution is 7.99. The number of hydrogen-bond donors (Lipinski definition) is 3. The number of aryl methyl sites for hydroxylation is 1. The standard InChI is InChI=1S/C25H35N5O7S2/c1-4-37-25(10-14-38-15-11-25)17-28-39(35,36)23-9-8-21(24(19(23)3)30(33)34)27-13-5-12-26-20-7-6-18(2)16-22(20)29(31)32/h6-9,16,26-28H,4-5,10-15,17H2,1-3H3. The third-order valence-electron chi connectivity index (χ3n) is 6.63. The molecule has 1 aliphatic rings. The maximum absolute atomic E-state index is 13.2. The Balaban J connectivity index is 1.67. The van der Waals surface area contributed by atoms with Crippen LogP contribution >= 0.6 is 11.8 Å². The highest BCUT2D eigenvalue weighted by Gasteiger charge is 2.35. The van der Waals surface area contributed by atoms with E-state index < -0.39 is 25.5 Å². The smallest absolute Gasteiger partial charge is 0.296 e. The molecule has 0 unspecified atom stereocenters. The molecule has 0 bridgehead atoms. The van der Waals surface area contributed by atoms with Crippen molar-refractivity contribution in [3.05, 3.63) is 61.7 Å². The second kappa shape index (κ2) is 13.4. The van der Waals surface area contributed by atoms with Crippen LogP contribution in [0.1, 0.15) is 37.3 Å². The maximum Gasteiger partial charge on any atom is 0.296 e. The summed E-state index contributed by atoms with van der Waals surface area (Å²) in [5, 5.41) is 29.2. The van der Waals surface area contributed by atoms with Crippen molar-refractivity contribution in [3.8, 4) is 0 Å². The molecule has 0 spiro atoms. The molecule has 14 heteroatoms. The van der Waals surface area contributed by atoms with E-state index in [1.54, 1.807) is 30.8 Å². The molecule has 1 fully saturated rings. The van der Waals surface area contributed by atoms with E-state index in [1.165, 1.54) is 25.1 Å². The van der Waals surface area contributed by atoms with Gasteiger partial charge in [-0.2, -0.15) is 11.8 Å². The number of thioether (sulfide) groups is 1. The molecule has 1 saturated heterocycles. The van der Waals surface area contributed by atoms with Crippen LogP contribution < -0.4 is 15.4 Å². The summed E-state index contributed by atoms with van der Waals surface area (Å²) in [4.78, 5) is 22.0. The third-order valence-corrected chi connectivity index (χ3v) is 9.16. The molecule has 0 saturated carbocycles. The zero-order chi connectivity index (χ0) is 28.6. The van der Waals surface area contributed by atoms with Gasteiger partial charge in [0.15, 0.2) is 0 Å². The van der Waals surface area contributed by atoms with Gasteiger partial charge in [-0.1, -0.05) is 6.07 Å². The number of anilines is 2. The van der Waals surface area contributed by atoms with Crippen LogP contribution in [-0.4, -0.2) is 61.6 Å². The Morgan fingerprint density at radius 1 is 1.00 bits per heavy atom. The van der Waals surface area contributed by atoms with Crippen molar-refractivity contribution < 1.29 is 23.0 Å². The molecule has 0 radical (unpaired) electrons. The molecule has 3 N–H and O–H groups in total. The minimum Gasteiger partial charge on any atom is -0.379 e. The second-order valence-corrected chi connectivity index (χ2v) is 12.3. The lowest BCUT2D eigenvalue weighted by atomic mass is 9.97. The summed E-state index contributed by atoms with van der Waals surface area (Å²) in [6, 6.07) is 7.67. The van der Waals surface area contributed by atoms with Crippen LogP contribution in [0.15, 0.2) is 35.2 Å². The highest BCUT2D eigenvalue weighted by Crippen LogP contribution is 2.34. The average molecular weight is 582 g/mol. The van der Waals surface area contributed by atoms with E-state index >= 15 is 0 Å². The number of nitro benzene ring substituents is 2. The lowest BCUT2D eigenvalue weighted by Gasteiger charge is -2.36. The molecular formula is C25H35N5O7S2.